The fourth-order valence-corrected chi connectivity index (χ4v) is 3.64. The topological polar surface area (TPSA) is 51.2 Å². The van der Waals surface area contributed by atoms with Crippen LogP contribution in [0.1, 0.15) is 17.3 Å². The number of benzene rings is 1. The minimum atomic E-state index is 0.0831. The number of likely N-dealkylation sites (tertiary alicyclic amines) is 1. The van der Waals surface area contributed by atoms with Gasteiger partial charge in [-0.2, -0.15) is 0 Å². The highest BCUT2D eigenvalue weighted by molar-refractivity contribution is 5.94. The molecule has 25 heavy (non-hydrogen) atoms. The summed E-state index contributed by atoms with van der Waals surface area (Å²) >= 11 is 0. The smallest absolute Gasteiger partial charge is 0.254 e. The molecule has 2 aliphatic rings. The molecule has 0 saturated carbocycles. The van der Waals surface area contributed by atoms with Crippen LogP contribution >= 0.6 is 0 Å². The Morgan fingerprint density at radius 1 is 1.24 bits per heavy atom. The summed E-state index contributed by atoms with van der Waals surface area (Å²) < 4.78 is 16.1. The van der Waals surface area contributed by atoms with Crippen molar-refractivity contribution in [2.45, 2.75) is 13.0 Å². The van der Waals surface area contributed by atoms with Crippen LogP contribution in [0, 0.1) is 5.92 Å². The van der Waals surface area contributed by atoms with E-state index in [4.69, 9.17) is 14.2 Å². The van der Waals surface area contributed by atoms with Gasteiger partial charge in [0.2, 0.25) is 0 Å². The Kier molecular flexibility index (Phi) is 6.29. The van der Waals surface area contributed by atoms with Crippen molar-refractivity contribution >= 4 is 5.91 Å². The zero-order valence-electron chi connectivity index (χ0n) is 15.1. The van der Waals surface area contributed by atoms with Crippen LogP contribution in [-0.4, -0.2) is 81.5 Å². The van der Waals surface area contributed by atoms with Crippen molar-refractivity contribution in [3.8, 4) is 5.75 Å². The summed E-state index contributed by atoms with van der Waals surface area (Å²) in [4.78, 5) is 17.3. The zero-order valence-corrected chi connectivity index (χ0v) is 15.1. The van der Waals surface area contributed by atoms with Crippen LogP contribution in [-0.2, 0) is 9.47 Å². The third-order valence-corrected chi connectivity index (χ3v) is 5.01. The molecule has 0 aliphatic carbocycles. The largest absolute Gasteiger partial charge is 0.491 e. The van der Waals surface area contributed by atoms with E-state index in [0.717, 1.165) is 39.4 Å². The Morgan fingerprint density at radius 2 is 2.04 bits per heavy atom. The third-order valence-electron chi connectivity index (χ3n) is 5.01. The average Bonchev–Trinajstić information content (AvgIpc) is 3.04. The van der Waals surface area contributed by atoms with Crippen LogP contribution in [0.5, 0.6) is 5.75 Å². The highest BCUT2D eigenvalue weighted by atomic mass is 16.5. The Balaban J connectivity index is 1.62. The summed E-state index contributed by atoms with van der Waals surface area (Å²) in [5.74, 6) is 1.27. The number of hydrogen-bond donors (Lipinski definition) is 0. The Labute approximate surface area is 149 Å². The SMILES string of the molecule is COCCOc1cccc(C(=O)N2CC(C)C(N3CCOCC3)C2)c1. The Morgan fingerprint density at radius 3 is 2.80 bits per heavy atom. The summed E-state index contributed by atoms with van der Waals surface area (Å²) in [6, 6.07) is 7.85. The lowest BCUT2D eigenvalue weighted by Crippen LogP contribution is -2.47. The number of amides is 1. The van der Waals surface area contributed by atoms with E-state index in [1.165, 1.54) is 0 Å². The molecule has 138 valence electrons. The predicted octanol–water partition coefficient (Wildman–Crippen LogP) is 1.50. The zero-order chi connectivity index (χ0) is 17.6. The maximum atomic E-state index is 12.9. The van der Waals surface area contributed by atoms with Gasteiger partial charge in [-0.25, -0.2) is 0 Å². The number of rotatable bonds is 6. The lowest BCUT2D eigenvalue weighted by molar-refractivity contribution is 0.0119. The van der Waals surface area contributed by atoms with E-state index in [1.807, 2.05) is 29.2 Å². The monoisotopic (exact) mass is 348 g/mol. The summed E-state index contributed by atoms with van der Waals surface area (Å²) in [5.41, 5.74) is 0.685. The van der Waals surface area contributed by atoms with Gasteiger partial charge in [-0.1, -0.05) is 13.0 Å². The molecule has 6 heteroatoms. The fraction of sp³-hybridized carbons (Fsp3) is 0.632. The van der Waals surface area contributed by atoms with Gasteiger partial charge in [0.15, 0.2) is 0 Å². The van der Waals surface area contributed by atoms with Gasteiger partial charge in [0, 0.05) is 44.9 Å². The number of hydrogen-bond acceptors (Lipinski definition) is 5. The Hall–Kier alpha value is -1.63. The van der Waals surface area contributed by atoms with E-state index in [-0.39, 0.29) is 5.91 Å². The normalized spacial score (nSPS) is 24.5. The van der Waals surface area contributed by atoms with Crippen LogP contribution in [0.3, 0.4) is 0 Å². The van der Waals surface area contributed by atoms with Gasteiger partial charge in [-0.05, 0) is 24.1 Å². The van der Waals surface area contributed by atoms with E-state index < -0.39 is 0 Å². The van der Waals surface area contributed by atoms with Gasteiger partial charge in [-0.3, -0.25) is 9.69 Å². The molecule has 2 aliphatic heterocycles. The molecule has 0 radical (unpaired) electrons. The molecule has 2 fully saturated rings. The van der Waals surface area contributed by atoms with Gasteiger partial charge < -0.3 is 19.1 Å². The van der Waals surface area contributed by atoms with E-state index in [2.05, 4.69) is 11.8 Å². The van der Waals surface area contributed by atoms with E-state index in [1.54, 1.807) is 7.11 Å². The van der Waals surface area contributed by atoms with Gasteiger partial charge in [0.05, 0.1) is 19.8 Å². The van der Waals surface area contributed by atoms with E-state index >= 15 is 0 Å². The molecule has 6 nitrogen and oxygen atoms in total. The van der Waals surface area contributed by atoms with Crippen molar-refractivity contribution in [3.05, 3.63) is 29.8 Å². The van der Waals surface area contributed by atoms with Crippen LogP contribution < -0.4 is 4.74 Å². The summed E-state index contributed by atoms with van der Waals surface area (Å²) in [7, 11) is 1.64. The molecule has 2 heterocycles. The first kappa shape index (κ1) is 18.2. The van der Waals surface area contributed by atoms with Crippen LogP contribution in [0.25, 0.3) is 0 Å². The second kappa shape index (κ2) is 8.65. The maximum Gasteiger partial charge on any atom is 0.254 e. The number of carbonyl (C=O) groups is 1. The summed E-state index contributed by atoms with van der Waals surface area (Å²) in [6.45, 7) is 8.33. The summed E-state index contributed by atoms with van der Waals surface area (Å²) in [5, 5.41) is 0. The molecule has 3 rings (SSSR count). The molecular formula is C19H28N2O4. The van der Waals surface area contributed by atoms with Crippen LogP contribution in [0.2, 0.25) is 0 Å². The molecule has 1 aromatic carbocycles. The molecule has 0 N–H and O–H groups in total. The number of morpholine rings is 1. The highest BCUT2D eigenvalue weighted by Crippen LogP contribution is 2.25. The third kappa shape index (κ3) is 4.51. The van der Waals surface area contributed by atoms with Crippen LogP contribution in [0.4, 0.5) is 0 Å². The molecule has 1 aromatic rings. The van der Waals surface area contributed by atoms with Crippen molar-refractivity contribution in [2.75, 3.05) is 59.7 Å². The lowest BCUT2D eigenvalue weighted by atomic mass is 10.0. The second-order valence-electron chi connectivity index (χ2n) is 6.77. The first-order valence-corrected chi connectivity index (χ1v) is 9.02. The van der Waals surface area contributed by atoms with E-state index in [9.17, 15) is 4.79 Å². The van der Waals surface area contributed by atoms with Gasteiger partial charge in [0.25, 0.3) is 5.91 Å². The minimum absolute atomic E-state index is 0.0831. The van der Waals surface area contributed by atoms with Gasteiger partial charge in [-0.15, -0.1) is 0 Å². The van der Waals surface area contributed by atoms with Crippen molar-refractivity contribution in [2.24, 2.45) is 5.92 Å². The standard InChI is InChI=1S/C19H28N2O4/c1-15-13-21(14-18(15)20-6-8-24-9-7-20)19(22)16-4-3-5-17(12-16)25-11-10-23-2/h3-5,12,15,18H,6-11,13-14H2,1-2H3. The second-order valence-corrected chi connectivity index (χ2v) is 6.77. The van der Waals surface area contributed by atoms with Crippen LogP contribution in [0.15, 0.2) is 24.3 Å². The van der Waals surface area contributed by atoms with Gasteiger partial charge in [0.1, 0.15) is 12.4 Å². The quantitative estimate of drug-likeness (QED) is 0.730. The molecule has 2 unspecified atom stereocenters. The predicted molar refractivity (Wildman–Crippen MR) is 95.1 cm³/mol. The van der Waals surface area contributed by atoms with Crippen molar-refractivity contribution in [1.82, 2.24) is 9.80 Å². The first-order valence-electron chi connectivity index (χ1n) is 9.02. The van der Waals surface area contributed by atoms with E-state index in [0.29, 0.717) is 36.5 Å². The number of methoxy groups -OCH3 is 1. The van der Waals surface area contributed by atoms with Crippen molar-refractivity contribution in [1.29, 1.82) is 0 Å². The molecule has 2 saturated heterocycles. The van der Waals surface area contributed by atoms with Gasteiger partial charge >= 0.3 is 0 Å². The molecule has 0 aromatic heterocycles. The maximum absolute atomic E-state index is 12.9. The Bertz CT molecular complexity index is 574. The van der Waals surface area contributed by atoms with Crippen molar-refractivity contribution in [3.63, 3.8) is 0 Å². The number of nitrogens with zero attached hydrogens (tertiary/aromatic N) is 2. The van der Waals surface area contributed by atoms with Crippen molar-refractivity contribution < 1.29 is 19.0 Å². The lowest BCUT2D eigenvalue weighted by Gasteiger charge is -2.34. The number of ether oxygens (including phenoxy) is 3. The average molecular weight is 348 g/mol. The fourth-order valence-electron chi connectivity index (χ4n) is 3.64. The molecule has 2 atom stereocenters. The summed E-state index contributed by atoms with van der Waals surface area (Å²) in [6.07, 6.45) is 0. The molecule has 0 bridgehead atoms. The number of carbonyl (C=O) groups excluding carboxylic acids is 1. The molecular weight excluding hydrogens is 320 g/mol. The first-order chi connectivity index (χ1) is 12.2. The minimum Gasteiger partial charge on any atom is -0.491 e. The molecule has 0 spiro atoms. The molecule has 1 amide bonds. The highest BCUT2D eigenvalue weighted by Gasteiger charge is 2.36.